The second kappa shape index (κ2) is 8.71. The molecule has 0 amide bonds. The third kappa shape index (κ3) is 4.14. The normalized spacial score (nSPS) is 10.7. The van der Waals surface area contributed by atoms with Gasteiger partial charge in [0.25, 0.3) is 0 Å². The Balaban J connectivity index is 1.57. The number of rotatable bonds is 6. The van der Waals surface area contributed by atoms with Gasteiger partial charge in [-0.05, 0) is 47.4 Å². The fourth-order valence-electron chi connectivity index (χ4n) is 3.21. The zero-order valence-corrected chi connectivity index (χ0v) is 16.5. The first-order valence-electron chi connectivity index (χ1n) is 9.59. The van der Waals surface area contributed by atoms with E-state index in [1.54, 1.807) is 0 Å². The molecule has 1 aromatic heterocycles. The van der Waals surface area contributed by atoms with E-state index in [-0.39, 0.29) is 13.2 Å². The summed E-state index contributed by atoms with van der Waals surface area (Å²) in [7, 11) is 0. The average Bonchev–Trinajstić information content (AvgIpc) is 3.28. The molecule has 3 aromatic carbocycles. The van der Waals surface area contributed by atoms with Crippen molar-refractivity contribution in [3.63, 3.8) is 0 Å². The van der Waals surface area contributed by atoms with Crippen molar-refractivity contribution < 1.29 is 13.9 Å². The van der Waals surface area contributed by atoms with Gasteiger partial charge in [-0.2, -0.15) is 0 Å². The standard InChI is InChI=1S/C24H21N3O3/c1-16-20(18-6-3-2-4-7-18)8-5-9-21(16)24-27-26-23(30-24)19-12-10-17(11-13-19)15-29-22(28)14-25/h2-13H,14-15,25H2,1H3. The lowest BCUT2D eigenvalue weighted by molar-refractivity contribution is -0.143. The molecule has 6 nitrogen and oxygen atoms in total. The number of hydrogen-bond acceptors (Lipinski definition) is 6. The second-order valence-electron chi connectivity index (χ2n) is 6.82. The van der Waals surface area contributed by atoms with Gasteiger partial charge in [0.15, 0.2) is 0 Å². The molecule has 1 heterocycles. The molecular formula is C24H21N3O3. The van der Waals surface area contributed by atoms with E-state index in [1.165, 1.54) is 0 Å². The monoisotopic (exact) mass is 399 g/mol. The molecule has 0 saturated heterocycles. The molecule has 2 N–H and O–H groups in total. The maximum absolute atomic E-state index is 11.2. The van der Waals surface area contributed by atoms with E-state index in [2.05, 4.69) is 35.3 Å². The highest BCUT2D eigenvalue weighted by molar-refractivity contribution is 5.75. The molecule has 0 aliphatic rings. The van der Waals surface area contributed by atoms with E-state index in [9.17, 15) is 4.79 Å². The van der Waals surface area contributed by atoms with Gasteiger partial charge in [0.05, 0.1) is 6.54 Å². The number of benzene rings is 3. The van der Waals surface area contributed by atoms with Crippen molar-refractivity contribution in [3.8, 4) is 34.0 Å². The summed E-state index contributed by atoms with van der Waals surface area (Å²) in [6.07, 6.45) is 0. The molecular weight excluding hydrogens is 378 g/mol. The molecule has 0 aliphatic heterocycles. The van der Waals surface area contributed by atoms with Crippen molar-refractivity contribution in [2.24, 2.45) is 5.73 Å². The van der Waals surface area contributed by atoms with Gasteiger partial charge in [0.1, 0.15) is 6.61 Å². The Morgan fingerprint density at radius 2 is 1.57 bits per heavy atom. The van der Waals surface area contributed by atoms with Crippen LogP contribution in [0.4, 0.5) is 0 Å². The number of esters is 1. The van der Waals surface area contributed by atoms with Crippen molar-refractivity contribution in [3.05, 3.63) is 83.9 Å². The van der Waals surface area contributed by atoms with Gasteiger partial charge >= 0.3 is 5.97 Å². The van der Waals surface area contributed by atoms with E-state index in [0.717, 1.165) is 33.4 Å². The van der Waals surface area contributed by atoms with Gasteiger partial charge in [-0.25, -0.2) is 0 Å². The first-order chi connectivity index (χ1) is 14.7. The Bertz CT molecular complexity index is 1150. The number of hydrogen-bond donors (Lipinski definition) is 1. The minimum Gasteiger partial charge on any atom is -0.460 e. The quantitative estimate of drug-likeness (QED) is 0.484. The molecule has 0 unspecified atom stereocenters. The van der Waals surface area contributed by atoms with Crippen LogP contribution in [-0.2, 0) is 16.1 Å². The SMILES string of the molecule is Cc1c(-c2ccccc2)cccc1-c1nnc(-c2ccc(COC(=O)CN)cc2)o1. The van der Waals surface area contributed by atoms with Crippen LogP contribution >= 0.6 is 0 Å². The Morgan fingerprint density at radius 3 is 2.30 bits per heavy atom. The molecule has 30 heavy (non-hydrogen) atoms. The van der Waals surface area contributed by atoms with Gasteiger partial charge < -0.3 is 14.9 Å². The average molecular weight is 399 g/mol. The molecule has 0 saturated carbocycles. The second-order valence-corrected chi connectivity index (χ2v) is 6.82. The van der Waals surface area contributed by atoms with Crippen LogP contribution in [0.15, 0.2) is 77.2 Å². The summed E-state index contributed by atoms with van der Waals surface area (Å²) in [5, 5.41) is 8.46. The molecule has 0 fully saturated rings. The molecule has 0 spiro atoms. The van der Waals surface area contributed by atoms with Crippen LogP contribution in [-0.4, -0.2) is 22.7 Å². The Kier molecular flexibility index (Phi) is 5.68. The maximum atomic E-state index is 11.2. The maximum Gasteiger partial charge on any atom is 0.320 e. The topological polar surface area (TPSA) is 91.2 Å². The lowest BCUT2D eigenvalue weighted by Crippen LogP contribution is -2.16. The molecule has 4 rings (SSSR count). The molecule has 4 aromatic rings. The summed E-state index contributed by atoms with van der Waals surface area (Å²) in [6.45, 7) is 2.10. The van der Waals surface area contributed by atoms with E-state index in [4.69, 9.17) is 14.9 Å². The minimum absolute atomic E-state index is 0.131. The van der Waals surface area contributed by atoms with Gasteiger partial charge in [-0.15, -0.1) is 10.2 Å². The summed E-state index contributed by atoms with van der Waals surface area (Å²) < 4.78 is 11.0. The first kappa shape index (κ1) is 19.5. The summed E-state index contributed by atoms with van der Waals surface area (Å²) in [6, 6.07) is 23.7. The summed E-state index contributed by atoms with van der Waals surface area (Å²) in [5.74, 6) is 0.468. The highest BCUT2D eigenvalue weighted by atomic mass is 16.5. The molecule has 0 aliphatic carbocycles. The molecule has 0 atom stereocenters. The van der Waals surface area contributed by atoms with Crippen LogP contribution in [0.2, 0.25) is 0 Å². The fraction of sp³-hybridized carbons (Fsp3) is 0.125. The van der Waals surface area contributed by atoms with Crippen molar-refractivity contribution in [1.29, 1.82) is 0 Å². The van der Waals surface area contributed by atoms with Crippen LogP contribution < -0.4 is 5.73 Å². The van der Waals surface area contributed by atoms with E-state index in [0.29, 0.717) is 11.8 Å². The molecule has 6 heteroatoms. The predicted octanol–water partition coefficient (Wildman–Crippen LogP) is 4.38. The highest BCUT2D eigenvalue weighted by Crippen LogP contribution is 2.32. The van der Waals surface area contributed by atoms with E-state index < -0.39 is 5.97 Å². The van der Waals surface area contributed by atoms with Gasteiger partial charge in [0, 0.05) is 11.1 Å². The molecule has 0 radical (unpaired) electrons. The van der Waals surface area contributed by atoms with Crippen molar-refractivity contribution in [1.82, 2.24) is 10.2 Å². The van der Waals surface area contributed by atoms with Gasteiger partial charge in [-0.1, -0.05) is 54.6 Å². The lowest BCUT2D eigenvalue weighted by Gasteiger charge is -2.09. The van der Waals surface area contributed by atoms with Crippen LogP contribution in [0.1, 0.15) is 11.1 Å². The Hall–Kier alpha value is -3.77. The fourth-order valence-corrected chi connectivity index (χ4v) is 3.21. The third-order valence-corrected chi connectivity index (χ3v) is 4.84. The Labute approximate surface area is 174 Å². The number of carbonyl (C=O) groups is 1. The number of nitrogens with two attached hydrogens (primary N) is 1. The smallest absolute Gasteiger partial charge is 0.320 e. The zero-order chi connectivity index (χ0) is 20.9. The largest absolute Gasteiger partial charge is 0.460 e. The number of ether oxygens (including phenoxy) is 1. The summed E-state index contributed by atoms with van der Waals surface area (Å²) in [5.41, 5.74) is 11.1. The predicted molar refractivity (Wildman–Crippen MR) is 114 cm³/mol. The number of aromatic nitrogens is 2. The number of nitrogens with zero attached hydrogens (tertiary/aromatic N) is 2. The van der Waals surface area contributed by atoms with E-state index >= 15 is 0 Å². The van der Waals surface area contributed by atoms with Crippen molar-refractivity contribution >= 4 is 5.97 Å². The van der Waals surface area contributed by atoms with E-state index in [1.807, 2.05) is 54.6 Å². The number of carbonyl (C=O) groups excluding carboxylic acids is 1. The lowest BCUT2D eigenvalue weighted by atomic mass is 9.96. The molecule has 150 valence electrons. The van der Waals surface area contributed by atoms with Crippen LogP contribution in [0.3, 0.4) is 0 Å². The van der Waals surface area contributed by atoms with Gasteiger partial charge in [-0.3, -0.25) is 4.79 Å². The van der Waals surface area contributed by atoms with Crippen LogP contribution in [0.5, 0.6) is 0 Å². The minimum atomic E-state index is -0.436. The molecule has 0 bridgehead atoms. The van der Waals surface area contributed by atoms with Crippen LogP contribution in [0.25, 0.3) is 34.0 Å². The summed E-state index contributed by atoms with van der Waals surface area (Å²) in [4.78, 5) is 11.2. The van der Waals surface area contributed by atoms with Gasteiger partial charge in [0.2, 0.25) is 11.8 Å². The third-order valence-electron chi connectivity index (χ3n) is 4.84. The first-order valence-corrected chi connectivity index (χ1v) is 9.59. The zero-order valence-electron chi connectivity index (χ0n) is 16.5. The highest BCUT2D eigenvalue weighted by Gasteiger charge is 2.15. The van der Waals surface area contributed by atoms with Crippen molar-refractivity contribution in [2.45, 2.75) is 13.5 Å². The van der Waals surface area contributed by atoms with Crippen molar-refractivity contribution in [2.75, 3.05) is 6.54 Å². The Morgan fingerprint density at radius 1 is 0.867 bits per heavy atom. The van der Waals surface area contributed by atoms with Crippen LogP contribution in [0, 0.1) is 6.92 Å². The summed E-state index contributed by atoms with van der Waals surface area (Å²) >= 11 is 0.